The van der Waals surface area contributed by atoms with E-state index in [4.69, 9.17) is 18.0 Å². The minimum absolute atomic E-state index is 0.281. The third-order valence-corrected chi connectivity index (χ3v) is 1.14. The lowest BCUT2D eigenvalue weighted by atomic mass is 10.2. The number of rotatable bonds is 3. The number of terminal acetylenes is 1. The Morgan fingerprint density at radius 3 is 2.75 bits per heavy atom. The molecule has 1 atom stereocenters. The molecule has 0 aliphatic rings. The van der Waals surface area contributed by atoms with E-state index in [1.54, 1.807) is 0 Å². The molecule has 0 radical (unpaired) electrons. The number of hydrogen-bond donors (Lipinski definition) is 0. The topological polar surface area (TPSA) is 0 Å². The van der Waals surface area contributed by atoms with Crippen LogP contribution in [-0.4, -0.2) is 5.38 Å². The van der Waals surface area contributed by atoms with E-state index in [1.165, 1.54) is 0 Å². The highest BCUT2D eigenvalue weighted by atomic mass is 35.5. The molecule has 1 unspecified atom stereocenters. The van der Waals surface area contributed by atoms with Gasteiger partial charge in [0.05, 0.1) is 0 Å². The van der Waals surface area contributed by atoms with Crippen molar-refractivity contribution in [2.75, 3.05) is 0 Å². The molecule has 0 rings (SSSR count). The zero-order chi connectivity index (χ0) is 6.41. The molecule has 0 aromatic heterocycles. The summed E-state index contributed by atoms with van der Waals surface area (Å²) in [6.45, 7) is 1.98. The van der Waals surface area contributed by atoms with Gasteiger partial charge in [-0.3, -0.25) is 0 Å². The van der Waals surface area contributed by atoms with Gasteiger partial charge in [0.1, 0.15) is 0 Å². The second-order valence-corrected chi connectivity index (χ2v) is 2.62. The summed E-state index contributed by atoms with van der Waals surface area (Å²) in [7, 11) is 0. The van der Waals surface area contributed by atoms with E-state index in [0.29, 0.717) is 0 Å². The molecule has 0 aromatic rings. The van der Waals surface area contributed by atoms with Gasteiger partial charge >= 0.3 is 0 Å². The van der Waals surface area contributed by atoms with Gasteiger partial charge in [-0.1, -0.05) is 0 Å². The van der Waals surface area contributed by atoms with Gasteiger partial charge in [-0.25, -0.2) is 0 Å². The predicted molar refractivity (Wildman–Crippen MR) is 38.0 cm³/mol. The Balaban J connectivity index is 2.85. The quantitative estimate of drug-likeness (QED) is 0.313. The standard InChI is InChI=1S/C7H11Cl/c1-3-4-5-6-7(2)8/h1,7H,4-6H2,2H3. The predicted octanol–water partition coefficient (Wildman–Crippen LogP) is 2.42. The zero-order valence-corrected chi connectivity index (χ0v) is 5.91. The van der Waals surface area contributed by atoms with Crippen molar-refractivity contribution in [2.45, 2.75) is 31.6 Å². The van der Waals surface area contributed by atoms with E-state index < -0.39 is 0 Å². The summed E-state index contributed by atoms with van der Waals surface area (Å²) in [6.07, 6.45) is 7.97. The highest BCUT2D eigenvalue weighted by Gasteiger charge is 1.92. The highest BCUT2D eigenvalue weighted by Crippen LogP contribution is 2.04. The molecule has 0 spiro atoms. The maximum Gasteiger partial charge on any atom is 0.0308 e. The minimum Gasteiger partial charge on any atom is -0.123 e. The lowest BCUT2D eigenvalue weighted by molar-refractivity contribution is 0.744. The first kappa shape index (κ1) is 7.85. The summed E-state index contributed by atoms with van der Waals surface area (Å²) in [5.74, 6) is 2.56. The van der Waals surface area contributed by atoms with Gasteiger partial charge in [0.25, 0.3) is 0 Å². The summed E-state index contributed by atoms with van der Waals surface area (Å²) in [5, 5.41) is 0.281. The van der Waals surface area contributed by atoms with Gasteiger partial charge in [0, 0.05) is 11.8 Å². The third-order valence-electron chi connectivity index (χ3n) is 0.923. The fourth-order valence-corrected chi connectivity index (χ4v) is 0.640. The van der Waals surface area contributed by atoms with Crippen LogP contribution in [0.3, 0.4) is 0 Å². The SMILES string of the molecule is C#CCCCC(C)Cl. The monoisotopic (exact) mass is 130 g/mol. The Bertz CT molecular complexity index is 78.9. The van der Waals surface area contributed by atoms with E-state index in [0.717, 1.165) is 19.3 Å². The van der Waals surface area contributed by atoms with Gasteiger partial charge in [-0.15, -0.1) is 23.9 Å². The second-order valence-electron chi connectivity index (χ2n) is 1.88. The average molecular weight is 131 g/mol. The van der Waals surface area contributed by atoms with Crippen molar-refractivity contribution in [1.82, 2.24) is 0 Å². The number of alkyl halides is 1. The second kappa shape index (κ2) is 5.00. The smallest absolute Gasteiger partial charge is 0.0308 e. The van der Waals surface area contributed by atoms with Crippen molar-refractivity contribution < 1.29 is 0 Å². The molecule has 0 bridgehead atoms. The molecule has 1 heteroatoms. The molecule has 0 heterocycles. The largest absolute Gasteiger partial charge is 0.123 e. The third kappa shape index (κ3) is 5.85. The van der Waals surface area contributed by atoms with Gasteiger partial charge in [0.2, 0.25) is 0 Å². The molecule has 0 saturated heterocycles. The molecule has 0 saturated carbocycles. The molecule has 0 amide bonds. The first-order chi connectivity index (χ1) is 3.77. The molecule has 0 N–H and O–H groups in total. The minimum atomic E-state index is 0.281. The van der Waals surface area contributed by atoms with Crippen LogP contribution in [0.2, 0.25) is 0 Å². The highest BCUT2D eigenvalue weighted by molar-refractivity contribution is 6.20. The number of halogens is 1. The van der Waals surface area contributed by atoms with Crippen molar-refractivity contribution in [3.05, 3.63) is 0 Å². The zero-order valence-electron chi connectivity index (χ0n) is 5.15. The summed E-state index contributed by atoms with van der Waals surface area (Å²) < 4.78 is 0. The van der Waals surface area contributed by atoms with Gasteiger partial charge in [-0.05, 0) is 19.8 Å². The van der Waals surface area contributed by atoms with Gasteiger partial charge in [0.15, 0.2) is 0 Å². The first-order valence-electron chi connectivity index (χ1n) is 2.85. The van der Waals surface area contributed by atoms with Crippen LogP contribution in [0, 0.1) is 12.3 Å². The van der Waals surface area contributed by atoms with Gasteiger partial charge in [-0.2, -0.15) is 0 Å². The molecular weight excluding hydrogens is 120 g/mol. The Morgan fingerprint density at radius 1 is 1.75 bits per heavy atom. The molecular formula is C7H11Cl. The Labute approximate surface area is 56.2 Å². The first-order valence-corrected chi connectivity index (χ1v) is 3.28. The van der Waals surface area contributed by atoms with E-state index >= 15 is 0 Å². The van der Waals surface area contributed by atoms with E-state index in [-0.39, 0.29) is 5.38 Å². The summed E-state index contributed by atoms with van der Waals surface area (Å²) >= 11 is 5.64. The Hall–Kier alpha value is -0.150. The average Bonchev–Trinajstić information content (AvgIpc) is 1.66. The van der Waals surface area contributed by atoms with Crippen molar-refractivity contribution in [3.8, 4) is 12.3 Å². The van der Waals surface area contributed by atoms with Crippen molar-refractivity contribution in [2.24, 2.45) is 0 Å². The van der Waals surface area contributed by atoms with Crippen LogP contribution >= 0.6 is 11.6 Å². The fraction of sp³-hybridized carbons (Fsp3) is 0.714. The summed E-state index contributed by atoms with van der Waals surface area (Å²) in [6, 6.07) is 0. The van der Waals surface area contributed by atoms with Crippen LogP contribution in [0.1, 0.15) is 26.2 Å². The van der Waals surface area contributed by atoms with Crippen LogP contribution in [0.5, 0.6) is 0 Å². The van der Waals surface area contributed by atoms with Crippen LogP contribution in [0.25, 0.3) is 0 Å². The van der Waals surface area contributed by atoms with Crippen LogP contribution < -0.4 is 0 Å². The number of hydrogen-bond acceptors (Lipinski definition) is 0. The maximum atomic E-state index is 5.64. The lowest BCUT2D eigenvalue weighted by Crippen LogP contribution is -1.88. The normalized spacial score (nSPS) is 12.6. The summed E-state index contributed by atoms with van der Waals surface area (Å²) in [4.78, 5) is 0. The Morgan fingerprint density at radius 2 is 2.38 bits per heavy atom. The fourth-order valence-electron chi connectivity index (χ4n) is 0.485. The van der Waals surface area contributed by atoms with Crippen LogP contribution in [0.15, 0.2) is 0 Å². The van der Waals surface area contributed by atoms with Crippen molar-refractivity contribution in [1.29, 1.82) is 0 Å². The molecule has 8 heavy (non-hydrogen) atoms. The molecule has 0 fully saturated rings. The molecule has 0 aliphatic heterocycles. The van der Waals surface area contributed by atoms with E-state index in [9.17, 15) is 0 Å². The van der Waals surface area contributed by atoms with E-state index in [1.807, 2.05) is 6.92 Å². The molecule has 0 nitrogen and oxygen atoms in total. The molecule has 46 valence electrons. The van der Waals surface area contributed by atoms with Crippen LogP contribution in [0.4, 0.5) is 0 Å². The van der Waals surface area contributed by atoms with Crippen molar-refractivity contribution >= 4 is 11.6 Å². The molecule has 0 aromatic carbocycles. The maximum absolute atomic E-state index is 5.64. The summed E-state index contributed by atoms with van der Waals surface area (Å²) in [5.41, 5.74) is 0. The van der Waals surface area contributed by atoms with Crippen LogP contribution in [-0.2, 0) is 0 Å². The van der Waals surface area contributed by atoms with E-state index in [2.05, 4.69) is 5.92 Å². The lowest BCUT2D eigenvalue weighted by Gasteiger charge is -1.96. The molecule has 0 aliphatic carbocycles. The number of unbranched alkanes of at least 4 members (excludes halogenated alkanes) is 1. The van der Waals surface area contributed by atoms with Gasteiger partial charge < -0.3 is 0 Å². The Kier molecular flexibility index (Phi) is 4.90. The van der Waals surface area contributed by atoms with Crippen molar-refractivity contribution in [3.63, 3.8) is 0 Å².